The monoisotopic (exact) mass is 334 g/mol. The molecule has 1 aromatic heterocycles. The minimum Gasteiger partial charge on any atom is -0.370 e. The first kappa shape index (κ1) is 18.1. The van der Waals surface area contributed by atoms with Gasteiger partial charge in [-0.3, -0.25) is 9.59 Å². The van der Waals surface area contributed by atoms with Gasteiger partial charge in [-0.1, -0.05) is 0 Å². The summed E-state index contributed by atoms with van der Waals surface area (Å²) in [4.78, 5) is 37.5. The Morgan fingerprint density at radius 1 is 1.29 bits per heavy atom. The van der Waals surface area contributed by atoms with Gasteiger partial charge in [0.05, 0.1) is 0 Å². The van der Waals surface area contributed by atoms with Crippen LogP contribution in [0.5, 0.6) is 0 Å². The third kappa shape index (κ3) is 5.16. The highest BCUT2D eigenvalue weighted by molar-refractivity contribution is 5.93. The second-order valence-electron chi connectivity index (χ2n) is 6.20. The van der Waals surface area contributed by atoms with Crippen LogP contribution < -0.4 is 5.32 Å². The average molecular weight is 334 g/mol. The fraction of sp³-hybridized carbons (Fsp3) is 0.625. The van der Waals surface area contributed by atoms with Crippen molar-refractivity contribution in [3.8, 4) is 0 Å². The van der Waals surface area contributed by atoms with Crippen molar-refractivity contribution < 1.29 is 9.59 Å². The lowest BCUT2D eigenvalue weighted by atomic mass is 10.2. The molecule has 132 valence electrons. The average Bonchev–Trinajstić information content (AvgIpc) is 2.57. The quantitative estimate of drug-likeness (QED) is 0.561. The van der Waals surface area contributed by atoms with Gasteiger partial charge in [0.1, 0.15) is 17.3 Å². The van der Waals surface area contributed by atoms with E-state index in [1.807, 2.05) is 14.1 Å². The van der Waals surface area contributed by atoms with Crippen LogP contribution in [0.1, 0.15) is 22.7 Å². The summed E-state index contributed by atoms with van der Waals surface area (Å²) in [6, 6.07) is 1.71. The van der Waals surface area contributed by atoms with E-state index in [2.05, 4.69) is 20.2 Å². The lowest BCUT2D eigenvalue weighted by Crippen LogP contribution is -2.48. The van der Waals surface area contributed by atoms with Gasteiger partial charge in [-0.15, -0.1) is 0 Å². The second kappa shape index (κ2) is 8.58. The molecule has 1 aromatic rings. The van der Waals surface area contributed by atoms with Crippen molar-refractivity contribution in [2.45, 2.75) is 13.3 Å². The van der Waals surface area contributed by atoms with Crippen molar-refractivity contribution in [3.05, 3.63) is 17.6 Å². The Labute approximate surface area is 142 Å². The number of carbonyl (C=O) groups is 2. The molecule has 0 radical (unpaired) electrons. The van der Waals surface area contributed by atoms with Crippen LogP contribution in [0.15, 0.2) is 6.07 Å². The number of amides is 2. The van der Waals surface area contributed by atoms with Crippen molar-refractivity contribution in [1.29, 1.82) is 0 Å². The van der Waals surface area contributed by atoms with Crippen LogP contribution in [-0.2, 0) is 4.79 Å². The maximum absolute atomic E-state index is 12.6. The molecule has 2 heterocycles. The van der Waals surface area contributed by atoms with Gasteiger partial charge in [-0.25, -0.2) is 9.97 Å². The van der Waals surface area contributed by atoms with Crippen molar-refractivity contribution >= 4 is 18.1 Å². The van der Waals surface area contributed by atoms with E-state index in [1.54, 1.807) is 22.8 Å². The Balaban J connectivity index is 1.97. The van der Waals surface area contributed by atoms with Gasteiger partial charge in [0.15, 0.2) is 0 Å². The maximum atomic E-state index is 12.6. The lowest BCUT2D eigenvalue weighted by Gasteiger charge is -2.32. The van der Waals surface area contributed by atoms with Gasteiger partial charge < -0.3 is 20.0 Å². The number of rotatable bonds is 7. The zero-order valence-electron chi connectivity index (χ0n) is 14.7. The first-order chi connectivity index (χ1) is 11.5. The summed E-state index contributed by atoms with van der Waals surface area (Å²) < 4.78 is 0. The SMILES string of the molecule is Cc1nc(NCCCN(C)C)cc(C(=O)N2CCN(C=O)CC2)n1. The molecule has 0 bridgehead atoms. The predicted octanol–water partition coefficient (Wildman–Crippen LogP) is 0.0628. The molecule has 2 rings (SSSR count). The number of aromatic nitrogens is 2. The second-order valence-corrected chi connectivity index (χ2v) is 6.20. The van der Waals surface area contributed by atoms with Crippen molar-refractivity contribution in [2.24, 2.45) is 0 Å². The molecule has 0 aliphatic carbocycles. The summed E-state index contributed by atoms with van der Waals surface area (Å²) in [7, 11) is 4.08. The smallest absolute Gasteiger partial charge is 0.272 e. The Hall–Kier alpha value is -2.22. The third-order valence-corrected chi connectivity index (χ3v) is 3.90. The number of carbonyl (C=O) groups excluding carboxylic acids is 2. The van der Waals surface area contributed by atoms with E-state index in [-0.39, 0.29) is 5.91 Å². The molecular weight excluding hydrogens is 308 g/mol. The number of nitrogens with one attached hydrogen (secondary N) is 1. The molecule has 8 nitrogen and oxygen atoms in total. The van der Waals surface area contributed by atoms with E-state index in [0.717, 1.165) is 25.9 Å². The van der Waals surface area contributed by atoms with Crippen LogP contribution in [0.4, 0.5) is 5.82 Å². The van der Waals surface area contributed by atoms with Gasteiger partial charge >= 0.3 is 0 Å². The molecule has 0 atom stereocenters. The minimum absolute atomic E-state index is 0.109. The summed E-state index contributed by atoms with van der Waals surface area (Å²) in [5.41, 5.74) is 0.400. The van der Waals surface area contributed by atoms with Gasteiger partial charge in [0, 0.05) is 38.8 Å². The number of anilines is 1. The minimum atomic E-state index is -0.109. The van der Waals surface area contributed by atoms with Crippen LogP contribution >= 0.6 is 0 Å². The van der Waals surface area contributed by atoms with Gasteiger partial charge in [-0.2, -0.15) is 0 Å². The van der Waals surface area contributed by atoms with Crippen LogP contribution in [0.2, 0.25) is 0 Å². The Kier molecular flexibility index (Phi) is 6.48. The fourth-order valence-corrected chi connectivity index (χ4v) is 2.57. The van der Waals surface area contributed by atoms with E-state index < -0.39 is 0 Å². The largest absolute Gasteiger partial charge is 0.370 e. The molecule has 1 fully saturated rings. The van der Waals surface area contributed by atoms with Gasteiger partial charge in [0.2, 0.25) is 6.41 Å². The third-order valence-electron chi connectivity index (χ3n) is 3.90. The van der Waals surface area contributed by atoms with Gasteiger partial charge in [0.25, 0.3) is 5.91 Å². The number of hydrogen-bond acceptors (Lipinski definition) is 6. The fourth-order valence-electron chi connectivity index (χ4n) is 2.57. The molecule has 0 unspecified atom stereocenters. The van der Waals surface area contributed by atoms with Crippen LogP contribution in [0.3, 0.4) is 0 Å². The Bertz CT molecular complexity index is 570. The molecule has 1 saturated heterocycles. The summed E-state index contributed by atoms with van der Waals surface area (Å²) >= 11 is 0. The molecule has 1 N–H and O–H groups in total. The zero-order valence-corrected chi connectivity index (χ0v) is 14.7. The summed E-state index contributed by atoms with van der Waals surface area (Å²) in [6.45, 7) is 5.76. The summed E-state index contributed by atoms with van der Waals surface area (Å²) in [5.74, 6) is 1.14. The predicted molar refractivity (Wildman–Crippen MR) is 92.0 cm³/mol. The topological polar surface area (TPSA) is 81.7 Å². The standard InChI is InChI=1S/C16H26N6O2/c1-13-18-14(11-15(19-13)17-5-4-6-20(2)3)16(24)22-9-7-21(12-23)8-10-22/h11-12H,4-10H2,1-3H3,(H,17,18,19). The molecule has 0 saturated carbocycles. The number of aryl methyl sites for hydroxylation is 1. The Morgan fingerprint density at radius 2 is 2.00 bits per heavy atom. The van der Waals surface area contributed by atoms with Crippen LogP contribution in [0.25, 0.3) is 0 Å². The van der Waals surface area contributed by atoms with Crippen LogP contribution in [-0.4, -0.2) is 90.3 Å². The molecule has 1 aliphatic heterocycles. The molecule has 1 aliphatic rings. The van der Waals surface area contributed by atoms with E-state index in [9.17, 15) is 9.59 Å². The first-order valence-electron chi connectivity index (χ1n) is 8.22. The highest BCUT2D eigenvalue weighted by Gasteiger charge is 2.23. The molecule has 2 amide bonds. The Morgan fingerprint density at radius 3 is 2.62 bits per heavy atom. The van der Waals surface area contributed by atoms with Crippen molar-refractivity contribution in [1.82, 2.24) is 24.7 Å². The van der Waals surface area contributed by atoms with E-state index in [1.165, 1.54) is 0 Å². The van der Waals surface area contributed by atoms with Crippen molar-refractivity contribution in [3.63, 3.8) is 0 Å². The van der Waals surface area contributed by atoms with E-state index in [4.69, 9.17) is 0 Å². The first-order valence-corrected chi connectivity index (χ1v) is 8.22. The maximum Gasteiger partial charge on any atom is 0.272 e. The molecule has 0 aromatic carbocycles. The number of nitrogens with zero attached hydrogens (tertiary/aromatic N) is 5. The summed E-state index contributed by atoms with van der Waals surface area (Å²) in [5, 5.41) is 3.25. The molecular formula is C16H26N6O2. The van der Waals surface area contributed by atoms with E-state index >= 15 is 0 Å². The van der Waals surface area contributed by atoms with Crippen molar-refractivity contribution in [2.75, 3.05) is 58.7 Å². The highest BCUT2D eigenvalue weighted by atomic mass is 16.2. The number of piperazine rings is 1. The highest BCUT2D eigenvalue weighted by Crippen LogP contribution is 2.11. The lowest BCUT2D eigenvalue weighted by molar-refractivity contribution is -0.119. The van der Waals surface area contributed by atoms with Crippen LogP contribution in [0, 0.1) is 6.92 Å². The van der Waals surface area contributed by atoms with Gasteiger partial charge in [-0.05, 0) is 34.0 Å². The normalized spacial score (nSPS) is 14.8. The molecule has 0 spiro atoms. The van der Waals surface area contributed by atoms with E-state index in [0.29, 0.717) is 43.5 Å². The molecule has 8 heteroatoms. The zero-order chi connectivity index (χ0) is 17.5. The molecule has 24 heavy (non-hydrogen) atoms. The summed E-state index contributed by atoms with van der Waals surface area (Å²) in [6.07, 6.45) is 1.82. The number of hydrogen-bond donors (Lipinski definition) is 1.